The van der Waals surface area contributed by atoms with Crippen LogP contribution in [0.3, 0.4) is 0 Å². The second-order valence-corrected chi connectivity index (χ2v) is 9.49. The highest BCUT2D eigenvalue weighted by atomic mass is 16.3. The van der Waals surface area contributed by atoms with Crippen molar-refractivity contribution >= 4 is 0 Å². The molecule has 1 aromatic rings. The largest absolute Gasteiger partial charge is 0.393 e. The van der Waals surface area contributed by atoms with E-state index >= 15 is 0 Å². The van der Waals surface area contributed by atoms with Crippen LogP contribution in [-0.2, 0) is 11.8 Å². The third kappa shape index (κ3) is 1.75. The van der Waals surface area contributed by atoms with Gasteiger partial charge in [-0.15, -0.1) is 0 Å². The number of aromatic amines is 1. The second kappa shape index (κ2) is 4.75. The van der Waals surface area contributed by atoms with E-state index in [0.717, 1.165) is 30.6 Å². The van der Waals surface area contributed by atoms with Gasteiger partial charge in [-0.2, -0.15) is 5.10 Å². The van der Waals surface area contributed by atoms with Crippen molar-refractivity contribution in [3.8, 4) is 0 Å². The van der Waals surface area contributed by atoms with E-state index in [9.17, 15) is 5.11 Å². The molecule has 4 aliphatic carbocycles. The van der Waals surface area contributed by atoms with Crippen molar-refractivity contribution in [2.24, 2.45) is 23.2 Å². The van der Waals surface area contributed by atoms with E-state index in [0.29, 0.717) is 10.8 Å². The van der Waals surface area contributed by atoms with E-state index < -0.39 is 0 Å². The van der Waals surface area contributed by atoms with Gasteiger partial charge in [0.15, 0.2) is 0 Å². The predicted octanol–water partition coefficient (Wildman–Crippen LogP) is 4.06. The van der Waals surface area contributed by atoms with E-state index in [1.807, 2.05) is 0 Å². The molecular weight excluding hydrogens is 296 g/mol. The number of allylic oxidation sites excluding steroid dienone is 1. The van der Waals surface area contributed by atoms with Gasteiger partial charge in [0, 0.05) is 11.3 Å². The molecule has 0 bridgehead atoms. The highest BCUT2D eigenvalue weighted by molar-refractivity contribution is 5.41. The Balaban J connectivity index is 1.54. The lowest BCUT2D eigenvalue weighted by Crippen LogP contribution is -2.51. The second-order valence-electron chi connectivity index (χ2n) is 9.49. The first-order chi connectivity index (χ1) is 11.4. The monoisotopic (exact) mass is 326 g/mol. The van der Waals surface area contributed by atoms with Crippen molar-refractivity contribution in [3.63, 3.8) is 0 Å². The summed E-state index contributed by atoms with van der Waals surface area (Å²) in [6.07, 6.45) is 10.5. The molecule has 3 nitrogen and oxygen atoms in total. The Hall–Kier alpha value is -1.09. The lowest BCUT2D eigenvalue weighted by Gasteiger charge is -2.57. The van der Waals surface area contributed by atoms with Gasteiger partial charge in [-0.05, 0) is 80.5 Å². The summed E-state index contributed by atoms with van der Waals surface area (Å²) in [4.78, 5) is 0. The van der Waals surface area contributed by atoms with Crippen LogP contribution in [0.25, 0.3) is 0 Å². The maximum Gasteiger partial charge on any atom is 0.0665 e. The maximum atomic E-state index is 10.1. The minimum atomic E-state index is -0.103. The summed E-state index contributed by atoms with van der Waals surface area (Å²) in [5.74, 6) is 2.35. The van der Waals surface area contributed by atoms with Crippen molar-refractivity contribution in [2.75, 3.05) is 0 Å². The fraction of sp³-hybridized carbons (Fsp3) is 0.762. The molecule has 130 valence electrons. The number of aliphatic hydroxyl groups is 1. The number of fused-ring (bicyclic) bond motifs is 7. The van der Waals surface area contributed by atoms with Crippen LogP contribution in [0.1, 0.15) is 69.3 Å². The molecule has 2 saturated carbocycles. The van der Waals surface area contributed by atoms with Crippen LogP contribution in [0.5, 0.6) is 0 Å². The van der Waals surface area contributed by atoms with Gasteiger partial charge in [0.25, 0.3) is 0 Å². The van der Waals surface area contributed by atoms with Crippen LogP contribution in [0.2, 0.25) is 0 Å². The van der Waals surface area contributed by atoms with Gasteiger partial charge in [0.2, 0.25) is 0 Å². The molecule has 0 saturated heterocycles. The molecule has 6 atom stereocenters. The fourth-order valence-electron chi connectivity index (χ4n) is 7.24. The van der Waals surface area contributed by atoms with Crippen molar-refractivity contribution in [1.82, 2.24) is 10.2 Å². The molecule has 0 radical (unpaired) electrons. The van der Waals surface area contributed by atoms with E-state index in [1.165, 1.54) is 43.5 Å². The zero-order valence-electron chi connectivity index (χ0n) is 15.2. The van der Waals surface area contributed by atoms with Crippen molar-refractivity contribution in [3.05, 3.63) is 28.6 Å². The predicted molar refractivity (Wildman–Crippen MR) is 94.7 cm³/mol. The normalized spacial score (nSPS) is 46.6. The van der Waals surface area contributed by atoms with E-state index in [4.69, 9.17) is 0 Å². The summed E-state index contributed by atoms with van der Waals surface area (Å²) in [6.45, 7) is 7.21. The Bertz CT molecular complexity index is 719. The number of aryl methyl sites for hydroxylation is 1. The van der Waals surface area contributed by atoms with Gasteiger partial charge in [-0.25, -0.2) is 0 Å². The first-order valence-electron chi connectivity index (χ1n) is 9.85. The van der Waals surface area contributed by atoms with Gasteiger partial charge in [-0.3, -0.25) is 5.10 Å². The first kappa shape index (κ1) is 15.2. The lowest BCUT2D eigenvalue weighted by atomic mass is 9.47. The number of aliphatic hydroxyl groups excluding tert-OH is 1. The van der Waals surface area contributed by atoms with Gasteiger partial charge in [0.05, 0.1) is 11.8 Å². The Morgan fingerprint density at radius 3 is 2.75 bits per heavy atom. The van der Waals surface area contributed by atoms with Crippen LogP contribution in [0.15, 0.2) is 11.6 Å². The smallest absolute Gasteiger partial charge is 0.0665 e. The average Bonchev–Trinajstić information content (AvgIpc) is 3.06. The average molecular weight is 326 g/mol. The number of H-pyrrole nitrogens is 1. The molecule has 0 amide bonds. The maximum absolute atomic E-state index is 10.1. The highest BCUT2D eigenvalue weighted by Crippen LogP contribution is 2.64. The van der Waals surface area contributed by atoms with Crippen LogP contribution in [-0.4, -0.2) is 21.4 Å². The minimum Gasteiger partial charge on any atom is -0.393 e. The Morgan fingerprint density at radius 1 is 1.12 bits per heavy atom. The Labute approximate surface area is 144 Å². The van der Waals surface area contributed by atoms with E-state index in [-0.39, 0.29) is 6.10 Å². The summed E-state index contributed by atoms with van der Waals surface area (Å²) in [6, 6.07) is 0. The molecule has 1 aromatic heterocycles. The zero-order chi connectivity index (χ0) is 16.7. The number of aromatic nitrogens is 2. The SMILES string of the molecule is Cc1[nH]nc2c1[C@]1(C)CC[C@@H]3[C@H](CC=C4C[C@@H](O)CC[C@@]43C)[C@@H]1C2. The molecule has 0 unspecified atom stereocenters. The summed E-state index contributed by atoms with van der Waals surface area (Å²) >= 11 is 0. The topological polar surface area (TPSA) is 48.9 Å². The molecule has 5 rings (SSSR count). The van der Waals surface area contributed by atoms with Crippen LogP contribution in [0.4, 0.5) is 0 Å². The summed E-state index contributed by atoms with van der Waals surface area (Å²) in [5.41, 5.74) is 6.42. The van der Waals surface area contributed by atoms with Crippen molar-refractivity contribution in [2.45, 2.75) is 77.2 Å². The summed E-state index contributed by atoms with van der Waals surface area (Å²) < 4.78 is 0. The van der Waals surface area contributed by atoms with Crippen LogP contribution in [0, 0.1) is 30.1 Å². The number of nitrogens with zero attached hydrogens (tertiary/aromatic N) is 1. The molecule has 1 heterocycles. The first-order valence-corrected chi connectivity index (χ1v) is 9.85. The fourth-order valence-corrected chi connectivity index (χ4v) is 7.24. The number of nitrogens with one attached hydrogen (secondary N) is 1. The minimum absolute atomic E-state index is 0.103. The number of hydrogen-bond acceptors (Lipinski definition) is 2. The third-order valence-corrected chi connectivity index (χ3v) is 8.47. The molecule has 0 aliphatic heterocycles. The Kier molecular flexibility index (Phi) is 3.01. The standard InChI is InChI=1S/C21H30N2O/c1-12-19-18(23-22-12)11-17-15-5-4-13-10-14(24)6-8-20(13,2)16(15)7-9-21(17,19)3/h4,14-17,24H,5-11H2,1-3H3,(H,22,23)/t14-,15-,16+,17-,20-,21+/m0/s1. The Morgan fingerprint density at radius 2 is 1.92 bits per heavy atom. The highest BCUT2D eigenvalue weighted by Gasteiger charge is 2.58. The summed E-state index contributed by atoms with van der Waals surface area (Å²) in [7, 11) is 0. The van der Waals surface area contributed by atoms with Gasteiger partial charge < -0.3 is 5.11 Å². The van der Waals surface area contributed by atoms with Crippen molar-refractivity contribution < 1.29 is 5.11 Å². The third-order valence-electron chi connectivity index (χ3n) is 8.47. The quantitative estimate of drug-likeness (QED) is 0.707. The molecular formula is C21H30N2O. The molecule has 2 N–H and O–H groups in total. The summed E-state index contributed by atoms with van der Waals surface area (Å²) in [5, 5.41) is 18.0. The molecule has 0 aromatic carbocycles. The zero-order valence-corrected chi connectivity index (χ0v) is 15.2. The van der Waals surface area contributed by atoms with Crippen molar-refractivity contribution in [1.29, 1.82) is 0 Å². The van der Waals surface area contributed by atoms with E-state index in [2.05, 4.69) is 37.0 Å². The molecule has 24 heavy (non-hydrogen) atoms. The van der Waals surface area contributed by atoms with Gasteiger partial charge >= 0.3 is 0 Å². The van der Waals surface area contributed by atoms with E-state index in [1.54, 1.807) is 11.1 Å². The molecule has 3 heteroatoms. The van der Waals surface area contributed by atoms with Gasteiger partial charge in [-0.1, -0.05) is 25.5 Å². The van der Waals surface area contributed by atoms with Gasteiger partial charge in [0.1, 0.15) is 0 Å². The van der Waals surface area contributed by atoms with Crippen LogP contribution >= 0.6 is 0 Å². The van der Waals surface area contributed by atoms with Crippen LogP contribution < -0.4 is 0 Å². The molecule has 2 fully saturated rings. The lowest BCUT2D eigenvalue weighted by molar-refractivity contribution is -0.0166. The number of rotatable bonds is 0. The molecule has 0 spiro atoms. The number of hydrogen-bond donors (Lipinski definition) is 2. The molecule has 4 aliphatic rings.